The van der Waals surface area contributed by atoms with E-state index in [0.717, 1.165) is 26.3 Å². The summed E-state index contributed by atoms with van der Waals surface area (Å²) >= 11 is 0. The topological polar surface area (TPSA) is 30.5 Å². The maximum atomic E-state index is 6.24. The maximum absolute atomic E-state index is 6.24. The zero-order chi connectivity index (χ0) is 33.6. The highest BCUT2D eigenvalue weighted by molar-refractivity contribution is 4.83. The molecule has 2 atom stereocenters. The summed E-state index contributed by atoms with van der Waals surface area (Å²) in [7, 11) is 0. The van der Waals surface area contributed by atoms with Gasteiger partial charge in [-0.1, -0.05) is 179 Å². The smallest absolute Gasteiger partial charge is 0.0973 e. The summed E-state index contributed by atoms with van der Waals surface area (Å²) in [5.74, 6) is 0. The number of hydrogen-bond acceptors (Lipinski definition) is 3. The predicted molar refractivity (Wildman–Crippen MR) is 210 cm³/mol. The molecular weight excluding hydrogens is 574 g/mol. The Morgan fingerprint density at radius 1 is 0.362 bits per heavy atom. The lowest BCUT2D eigenvalue weighted by Gasteiger charge is -2.20. The Morgan fingerprint density at radius 2 is 0.617 bits per heavy atom. The van der Waals surface area contributed by atoms with Crippen LogP contribution >= 0.6 is 0 Å². The summed E-state index contributed by atoms with van der Waals surface area (Å²) in [6.07, 6.45) is 53.9. The summed E-state index contributed by atoms with van der Waals surface area (Å²) < 4.78 is 12.5. The molecule has 1 N–H and O–H groups in total. The number of ether oxygens (including phenoxy) is 2. The number of rotatable bonds is 38. The van der Waals surface area contributed by atoms with E-state index < -0.39 is 0 Å². The Hall–Kier alpha value is -0.640. The lowest BCUT2D eigenvalue weighted by Crippen LogP contribution is -2.30. The fourth-order valence-electron chi connectivity index (χ4n) is 6.84. The second-order valence-corrected chi connectivity index (χ2v) is 14.8. The van der Waals surface area contributed by atoms with Crippen molar-refractivity contribution in [2.75, 3.05) is 26.3 Å². The van der Waals surface area contributed by atoms with Gasteiger partial charge in [-0.25, -0.2) is 0 Å². The largest absolute Gasteiger partial charge is 0.374 e. The van der Waals surface area contributed by atoms with Crippen molar-refractivity contribution in [3.05, 3.63) is 24.3 Å². The molecule has 0 aromatic carbocycles. The van der Waals surface area contributed by atoms with E-state index in [1.165, 1.54) is 205 Å². The second-order valence-electron chi connectivity index (χ2n) is 14.8. The summed E-state index contributed by atoms with van der Waals surface area (Å²) in [6.45, 7) is 8.28. The lowest BCUT2D eigenvalue weighted by atomic mass is 10.1. The van der Waals surface area contributed by atoms with Gasteiger partial charge in [0.2, 0.25) is 0 Å². The van der Waals surface area contributed by atoms with Gasteiger partial charge in [0.05, 0.1) is 12.2 Å². The van der Waals surface area contributed by atoms with Crippen LogP contribution < -0.4 is 5.32 Å². The van der Waals surface area contributed by atoms with Crippen LogP contribution in [0.3, 0.4) is 0 Å². The van der Waals surface area contributed by atoms with Gasteiger partial charge < -0.3 is 14.8 Å². The molecule has 47 heavy (non-hydrogen) atoms. The molecule has 0 bridgehead atoms. The standard InChI is InChI=1S/C44H85NO2/c1-3-5-7-9-11-13-15-17-19-21-23-25-27-29-31-33-35-37-39-46-43-41-45-42-44(43)47-40-38-36-34-32-30-28-26-24-22-20-18-16-14-12-10-8-6-4-2/h17-20,43-45H,3-16,21-42H2,1-2H3/t43-,44-/m1/s1. The van der Waals surface area contributed by atoms with E-state index in [1.54, 1.807) is 0 Å². The Labute approximate surface area is 296 Å². The van der Waals surface area contributed by atoms with E-state index in [4.69, 9.17) is 9.47 Å². The van der Waals surface area contributed by atoms with E-state index in [0.29, 0.717) is 0 Å². The van der Waals surface area contributed by atoms with Gasteiger partial charge >= 0.3 is 0 Å². The van der Waals surface area contributed by atoms with Gasteiger partial charge in [-0.15, -0.1) is 0 Å². The van der Waals surface area contributed by atoms with Crippen LogP contribution in [0.2, 0.25) is 0 Å². The van der Waals surface area contributed by atoms with Crippen molar-refractivity contribution in [2.45, 2.75) is 232 Å². The van der Waals surface area contributed by atoms with Crippen LogP contribution in [0.4, 0.5) is 0 Å². The number of allylic oxidation sites excluding steroid dienone is 4. The average Bonchev–Trinajstić information content (AvgIpc) is 3.53. The first kappa shape index (κ1) is 44.4. The van der Waals surface area contributed by atoms with Gasteiger partial charge in [0.15, 0.2) is 0 Å². The molecule has 0 radical (unpaired) electrons. The van der Waals surface area contributed by atoms with Gasteiger partial charge in [-0.2, -0.15) is 0 Å². The first-order chi connectivity index (χ1) is 23.4. The first-order valence-corrected chi connectivity index (χ1v) is 21.6. The van der Waals surface area contributed by atoms with Crippen LogP contribution in [0, 0.1) is 0 Å². The first-order valence-electron chi connectivity index (χ1n) is 21.6. The molecule has 1 aliphatic heterocycles. The van der Waals surface area contributed by atoms with Gasteiger partial charge in [0, 0.05) is 26.3 Å². The molecule has 3 heteroatoms. The van der Waals surface area contributed by atoms with Gasteiger partial charge in [-0.3, -0.25) is 0 Å². The van der Waals surface area contributed by atoms with Crippen LogP contribution in [-0.2, 0) is 9.47 Å². The average molecular weight is 660 g/mol. The zero-order valence-electron chi connectivity index (χ0n) is 32.2. The molecule has 1 aliphatic rings. The Kier molecular flexibility index (Phi) is 36.0. The van der Waals surface area contributed by atoms with Crippen molar-refractivity contribution in [1.82, 2.24) is 5.32 Å². The van der Waals surface area contributed by atoms with E-state index in [-0.39, 0.29) is 12.2 Å². The monoisotopic (exact) mass is 660 g/mol. The minimum Gasteiger partial charge on any atom is -0.374 e. The molecule has 1 saturated heterocycles. The SMILES string of the molecule is CCCCCCCCC=CCCCCCCCCCCO[C@@H]1CNC[C@H]1OCCCCCCCCCCC=CCCCCCCCC. The highest BCUT2D eigenvalue weighted by atomic mass is 16.5. The van der Waals surface area contributed by atoms with Crippen LogP contribution in [0.5, 0.6) is 0 Å². The number of unbranched alkanes of at least 4 members (excludes halogenated alkanes) is 28. The second kappa shape index (κ2) is 38.2. The summed E-state index contributed by atoms with van der Waals surface area (Å²) in [4.78, 5) is 0. The normalized spacial score (nSPS) is 16.8. The highest BCUT2D eigenvalue weighted by Crippen LogP contribution is 2.15. The van der Waals surface area contributed by atoms with Crippen molar-refractivity contribution < 1.29 is 9.47 Å². The molecule has 1 rings (SSSR count). The van der Waals surface area contributed by atoms with E-state index >= 15 is 0 Å². The summed E-state index contributed by atoms with van der Waals surface area (Å²) in [5.41, 5.74) is 0. The molecule has 0 spiro atoms. The zero-order valence-corrected chi connectivity index (χ0v) is 32.2. The number of nitrogens with one attached hydrogen (secondary N) is 1. The fraction of sp³-hybridized carbons (Fsp3) is 0.909. The van der Waals surface area contributed by atoms with Gasteiger partial charge in [0.1, 0.15) is 0 Å². The molecule has 3 nitrogen and oxygen atoms in total. The van der Waals surface area contributed by atoms with Crippen molar-refractivity contribution in [3.63, 3.8) is 0 Å². The van der Waals surface area contributed by atoms with Gasteiger partial charge in [0.25, 0.3) is 0 Å². The van der Waals surface area contributed by atoms with Crippen molar-refractivity contribution in [1.29, 1.82) is 0 Å². The van der Waals surface area contributed by atoms with E-state index in [1.807, 2.05) is 0 Å². The van der Waals surface area contributed by atoms with E-state index in [2.05, 4.69) is 43.5 Å². The fourth-order valence-corrected chi connectivity index (χ4v) is 6.84. The van der Waals surface area contributed by atoms with E-state index in [9.17, 15) is 0 Å². The third-order valence-corrected chi connectivity index (χ3v) is 10.1. The third-order valence-electron chi connectivity index (χ3n) is 10.1. The summed E-state index contributed by atoms with van der Waals surface area (Å²) in [5, 5.41) is 3.49. The highest BCUT2D eigenvalue weighted by Gasteiger charge is 2.28. The van der Waals surface area contributed by atoms with Crippen LogP contribution in [0.15, 0.2) is 24.3 Å². The molecule has 0 amide bonds. The molecule has 0 aliphatic carbocycles. The van der Waals surface area contributed by atoms with Crippen LogP contribution in [0.25, 0.3) is 0 Å². The third kappa shape index (κ3) is 32.3. The quantitative estimate of drug-likeness (QED) is 0.0528. The Balaban J connectivity index is 1.79. The molecule has 278 valence electrons. The van der Waals surface area contributed by atoms with Crippen molar-refractivity contribution in [2.24, 2.45) is 0 Å². The predicted octanol–water partition coefficient (Wildman–Crippen LogP) is 14.0. The maximum Gasteiger partial charge on any atom is 0.0973 e. The minimum absolute atomic E-state index is 0.250. The number of hydrogen-bond donors (Lipinski definition) is 1. The van der Waals surface area contributed by atoms with Gasteiger partial charge in [-0.05, 0) is 64.2 Å². The van der Waals surface area contributed by atoms with Crippen molar-refractivity contribution >= 4 is 0 Å². The Bertz CT molecular complexity index is 593. The molecule has 0 aromatic rings. The molecular formula is C44H85NO2. The molecule has 0 unspecified atom stereocenters. The molecule has 0 saturated carbocycles. The molecule has 0 aromatic heterocycles. The van der Waals surface area contributed by atoms with Crippen LogP contribution in [0.1, 0.15) is 219 Å². The Morgan fingerprint density at radius 3 is 0.915 bits per heavy atom. The molecule has 1 heterocycles. The lowest BCUT2D eigenvalue weighted by molar-refractivity contribution is -0.0481. The summed E-state index contributed by atoms with van der Waals surface area (Å²) in [6, 6.07) is 0. The minimum atomic E-state index is 0.250. The van der Waals surface area contributed by atoms with Crippen LogP contribution in [-0.4, -0.2) is 38.5 Å². The van der Waals surface area contributed by atoms with Crippen molar-refractivity contribution in [3.8, 4) is 0 Å². The molecule has 1 fully saturated rings.